The smallest absolute Gasteiger partial charge is 0.0790 e. The van der Waals surface area contributed by atoms with Gasteiger partial charge in [-0.1, -0.05) is 0 Å². The van der Waals surface area contributed by atoms with E-state index in [9.17, 15) is 0 Å². The SMILES string of the molecule is OSN1CCC1. The molecule has 0 radical (unpaired) electrons. The minimum atomic E-state index is 0.845. The first-order valence-electron chi connectivity index (χ1n) is 2.00. The fourth-order valence-electron chi connectivity index (χ4n) is 0.369. The van der Waals surface area contributed by atoms with Crippen molar-refractivity contribution in [3.05, 3.63) is 0 Å². The molecule has 0 unspecified atom stereocenters. The van der Waals surface area contributed by atoms with E-state index in [1.807, 2.05) is 4.31 Å². The van der Waals surface area contributed by atoms with Crippen molar-refractivity contribution in [2.75, 3.05) is 13.1 Å². The van der Waals surface area contributed by atoms with Gasteiger partial charge >= 0.3 is 0 Å². The van der Waals surface area contributed by atoms with E-state index >= 15 is 0 Å². The molecule has 3 heteroatoms. The van der Waals surface area contributed by atoms with E-state index in [1.165, 1.54) is 6.42 Å². The van der Waals surface area contributed by atoms with Crippen molar-refractivity contribution >= 4 is 12.2 Å². The van der Waals surface area contributed by atoms with E-state index in [0.717, 1.165) is 25.3 Å². The maximum absolute atomic E-state index is 8.23. The van der Waals surface area contributed by atoms with Crippen LogP contribution in [0.3, 0.4) is 0 Å². The van der Waals surface area contributed by atoms with Gasteiger partial charge in [0, 0.05) is 13.1 Å². The Bertz CT molecular complexity index is 43.3. The fraction of sp³-hybridized carbons (Fsp3) is 1.00. The van der Waals surface area contributed by atoms with Crippen LogP contribution in [-0.4, -0.2) is 21.9 Å². The zero-order valence-corrected chi connectivity index (χ0v) is 4.24. The predicted molar refractivity (Wildman–Crippen MR) is 26.4 cm³/mol. The van der Waals surface area contributed by atoms with Crippen LogP contribution in [0, 0.1) is 0 Å². The molecule has 0 aromatic carbocycles. The van der Waals surface area contributed by atoms with Gasteiger partial charge in [-0.25, -0.2) is 4.31 Å². The lowest BCUT2D eigenvalue weighted by atomic mass is 10.3. The summed E-state index contributed by atoms with van der Waals surface area (Å²) in [6.45, 7) is 2.11. The van der Waals surface area contributed by atoms with Gasteiger partial charge in [0.15, 0.2) is 0 Å². The molecule has 0 spiro atoms. The van der Waals surface area contributed by atoms with Crippen LogP contribution in [0.2, 0.25) is 0 Å². The topological polar surface area (TPSA) is 23.5 Å². The van der Waals surface area contributed by atoms with E-state index in [2.05, 4.69) is 0 Å². The Morgan fingerprint density at radius 1 is 1.50 bits per heavy atom. The Kier molecular flexibility index (Phi) is 1.34. The van der Waals surface area contributed by atoms with Crippen LogP contribution in [0.5, 0.6) is 0 Å². The van der Waals surface area contributed by atoms with Crippen molar-refractivity contribution in [3.8, 4) is 0 Å². The van der Waals surface area contributed by atoms with Gasteiger partial charge in [0.05, 0.1) is 12.2 Å². The predicted octanol–water partition coefficient (Wildman–Crippen LogP) is 0.813. The molecule has 36 valence electrons. The Hall–Kier alpha value is 0.270. The molecule has 1 N–H and O–H groups in total. The Balaban J connectivity index is 2.01. The molecule has 0 bridgehead atoms. The lowest BCUT2D eigenvalue weighted by Gasteiger charge is -2.25. The molecule has 0 aliphatic carbocycles. The van der Waals surface area contributed by atoms with Crippen LogP contribution >= 0.6 is 12.2 Å². The van der Waals surface area contributed by atoms with Gasteiger partial charge in [-0.2, -0.15) is 0 Å². The molecule has 1 saturated heterocycles. The maximum Gasteiger partial charge on any atom is 0.0790 e. The van der Waals surface area contributed by atoms with Crippen molar-refractivity contribution in [2.24, 2.45) is 0 Å². The van der Waals surface area contributed by atoms with Gasteiger partial charge in [-0.05, 0) is 6.42 Å². The normalized spacial score (nSPS) is 23.5. The standard InChI is InChI=1S/C3H7NOS/c5-6-4-2-1-3-4/h5H,1-3H2. The van der Waals surface area contributed by atoms with Crippen LogP contribution in [0.15, 0.2) is 0 Å². The third kappa shape index (κ3) is 0.668. The highest BCUT2D eigenvalue weighted by molar-refractivity contribution is 7.91. The Morgan fingerprint density at radius 2 is 2.17 bits per heavy atom. The highest BCUT2D eigenvalue weighted by Gasteiger charge is 2.11. The van der Waals surface area contributed by atoms with E-state index < -0.39 is 0 Å². The van der Waals surface area contributed by atoms with E-state index in [-0.39, 0.29) is 0 Å². The summed E-state index contributed by atoms with van der Waals surface area (Å²) in [6, 6.07) is 0. The maximum atomic E-state index is 8.23. The summed E-state index contributed by atoms with van der Waals surface area (Å²) in [5.74, 6) is 0. The summed E-state index contributed by atoms with van der Waals surface area (Å²) in [4.78, 5) is 0. The third-order valence-electron chi connectivity index (χ3n) is 0.930. The molecule has 1 rings (SSSR count). The van der Waals surface area contributed by atoms with Crippen molar-refractivity contribution in [1.82, 2.24) is 4.31 Å². The van der Waals surface area contributed by atoms with Gasteiger partial charge in [0.25, 0.3) is 0 Å². The van der Waals surface area contributed by atoms with E-state index in [4.69, 9.17) is 4.55 Å². The summed E-state index contributed by atoms with van der Waals surface area (Å²) in [5.41, 5.74) is 0. The number of nitrogens with zero attached hydrogens (tertiary/aromatic N) is 1. The summed E-state index contributed by atoms with van der Waals surface area (Å²) in [5, 5.41) is 0. The largest absolute Gasteiger partial charge is 0.317 e. The van der Waals surface area contributed by atoms with Gasteiger partial charge in [-0.3, -0.25) is 0 Å². The summed E-state index contributed by atoms with van der Waals surface area (Å²) in [6.07, 6.45) is 1.24. The van der Waals surface area contributed by atoms with Gasteiger partial charge in [0.1, 0.15) is 0 Å². The molecule has 1 heterocycles. The third-order valence-corrected chi connectivity index (χ3v) is 1.53. The zero-order valence-electron chi connectivity index (χ0n) is 3.42. The number of rotatable bonds is 1. The van der Waals surface area contributed by atoms with E-state index in [0.29, 0.717) is 0 Å². The minimum Gasteiger partial charge on any atom is -0.317 e. The molecule has 2 nitrogen and oxygen atoms in total. The van der Waals surface area contributed by atoms with E-state index in [1.54, 1.807) is 0 Å². The van der Waals surface area contributed by atoms with Crippen molar-refractivity contribution < 1.29 is 4.55 Å². The number of hydrogen-bond donors (Lipinski definition) is 1. The van der Waals surface area contributed by atoms with Crippen LogP contribution < -0.4 is 0 Å². The minimum absolute atomic E-state index is 0.845. The molecule has 0 atom stereocenters. The monoisotopic (exact) mass is 105 g/mol. The van der Waals surface area contributed by atoms with Gasteiger partial charge in [-0.15, -0.1) is 0 Å². The molecule has 1 fully saturated rings. The van der Waals surface area contributed by atoms with Gasteiger partial charge < -0.3 is 4.55 Å². The lowest BCUT2D eigenvalue weighted by Crippen LogP contribution is -2.30. The number of hydrogen-bond acceptors (Lipinski definition) is 3. The fourth-order valence-corrected chi connectivity index (χ4v) is 0.790. The molecule has 0 amide bonds. The highest BCUT2D eigenvalue weighted by Crippen LogP contribution is 2.13. The zero-order chi connectivity index (χ0) is 4.41. The van der Waals surface area contributed by atoms with Crippen molar-refractivity contribution in [3.63, 3.8) is 0 Å². The molecule has 0 saturated carbocycles. The van der Waals surface area contributed by atoms with Crippen LogP contribution in [-0.2, 0) is 0 Å². The lowest BCUT2D eigenvalue weighted by molar-refractivity contribution is 0.326. The van der Waals surface area contributed by atoms with Crippen molar-refractivity contribution in [1.29, 1.82) is 0 Å². The van der Waals surface area contributed by atoms with Crippen molar-refractivity contribution in [2.45, 2.75) is 6.42 Å². The molecule has 1 aliphatic heterocycles. The molecule has 0 aromatic heterocycles. The molecule has 6 heavy (non-hydrogen) atoms. The summed E-state index contributed by atoms with van der Waals surface area (Å²) < 4.78 is 10.1. The summed E-state index contributed by atoms with van der Waals surface area (Å²) in [7, 11) is 0. The first-order valence-corrected chi connectivity index (χ1v) is 2.73. The second-order valence-corrected chi connectivity index (χ2v) is 2.04. The van der Waals surface area contributed by atoms with Gasteiger partial charge in [0.2, 0.25) is 0 Å². The molecular weight excluding hydrogens is 98.1 g/mol. The second-order valence-electron chi connectivity index (χ2n) is 1.36. The average molecular weight is 105 g/mol. The highest BCUT2D eigenvalue weighted by atomic mass is 32.2. The second kappa shape index (κ2) is 1.82. The Morgan fingerprint density at radius 3 is 2.17 bits per heavy atom. The van der Waals surface area contributed by atoms with Crippen LogP contribution in [0.1, 0.15) is 6.42 Å². The Labute approximate surface area is 41.5 Å². The molecule has 0 aromatic rings. The first-order chi connectivity index (χ1) is 2.93. The molecular formula is C3H7NOS. The molecule has 1 aliphatic rings. The average Bonchev–Trinajstić information content (AvgIpc) is 1.31. The van der Waals surface area contributed by atoms with Crippen LogP contribution in [0.4, 0.5) is 0 Å². The first kappa shape index (κ1) is 4.43. The van der Waals surface area contributed by atoms with Crippen LogP contribution in [0.25, 0.3) is 0 Å². The quantitative estimate of drug-likeness (QED) is 0.394. The summed E-state index contributed by atoms with van der Waals surface area (Å²) >= 11 is 0.845.